The summed E-state index contributed by atoms with van der Waals surface area (Å²) < 4.78 is 1.79. The van der Waals surface area contributed by atoms with Gasteiger partial charge in [0.1, 0.15) is 6.04 Å². The number of nitrogens with one attached hydrogen (secondary N) is 1. The maximum absolute atomic E-state index is 13.5. The fourth-order valence-corrected chi connectivity index (χ4v) is 3.76. The average molecular weight is 377 g/mol. The molecule has 28 heavy (non-hydrogen) atoms. The van der Waals surface area contributed by atoms with E-state index in [1.165, 1.54) is 0 Å². The molecular formula is C21H23N5O2. The van der Waals surface area contributed by atoms with Crippen LogP contribution in [0.2, 0.25) is 0 Å². The molecule has 7 nitrogen and oxygen atoms in total. The van der Waals surface area contributed by atoms with Gasteiger partial charge in [0.25, 0.3) is 5.91 Å². The maximum atomic E-state index is 13.5. The molecule has 7 heteroatoms. The van der Waals surface area contributed by atoms with Crippen LogP contribution in [0.1, 0.15) is 29.4 Å². The standard InChI is InChI=1S/C21H23N5O2/c1-4-19-20(27)22-9-10-26(19)21(28)15-11-18(16-12-23-25(3)13(16)2)24-17-8-6-5-7-14(15)17/h5-8,11-12,19H,4,9-10H2,1-3H3,(H,22,27)/t19-/m0/s1. The van der Waals surface area contributed by atoms with Crippen molar-refractivity contribution in [2.45, 2.75) is 26.3 Å². The Morgan fingerprint density at radius 2 is 2.11 bits per heavy atom. The highest BCUT2D eigenvalue weighted by Crippen LogP contribution is 2.28. The summed E-state index contributed by atoms with van der Waals surface area (Å²) in [6.07, 6.45) is 2.35. The van der Waals surface area contributed by atoms with E-state index in [4.69, 9.17) is 4.98 Å². The molecule has 144 valence electrons. The molecule has 4 rings (SSSR count). The van der Waals surface area contributed by atoms with Crippen LogP contribution in [0.25, 0.3) is 22.2 Å². The minimum atomic E-state index is -0.447. The van der Waals surface area contributed by atoms with E-state index in [0.717, 1.165) is 22.2 Å². The average Bonchev–Trinajstić information content (AvgIpc) is 3.05. The Balaban J connectivity index is 1.87. The third-order valence-electron chi connectivity index (χ3n) is 5.44. The third-order valence-corrected chi connectivity index (χ3v) is 5.44. The number of hydrogen-bond acceptors (Lipinski definition) is 4. The number of carbonyl (C=O) groups is 2. The molecule has 1 aromatic carbocycles. The molecule has 1 saturated heterocycles. The molecule has 1 atom stereocenters. The van der Waals surface area contributed by atoms with Crippen molar-refractivity contribution in [2.24, 2.45) is 7.05 Å². The van der Waals surface area contributed by atoms with E-state index >= 15 is 0 Å². The van der Waals surface area contributed by atoms with Gasteiger partial charge in [-0.2, -0.15) is 5.10 Å². The molecule has 0 spiro atoms. The molecule has 1 aliphatic rings. The monoisotopic (exact) mass is 377 g/mol. The highest BCUT2D eigenvalue weighted by molar-refractivity contribution is 6.08. The Morgan fingerprint density at radius 1 is 1.32 bits per heavy atom. The quantitative estimate of drug-likeness (QED) is 0.759. The Bertz CT molecular complexity index is 1070. The second-order valence-corrected chi connectivity index (χ2v) is 7.05. The summed E-state index contributed by atoms with van der Waals surface area (Å²) >= 11 is 0. The summed E-state index contributed by atoms with van der Waals surface area (Å²) in [6, 6.07) is 9.00. The van der Waals surface area contributed by atoms with Crippen LogP contribution in [-0.4, -0.2) is 50.6 Å². The van der Waals surface area contributed by atoms with Gasteiger partial charge in [-0.05, 0) is 25.5 Å². The minimum Gasteiger partial charge on any atom is -0.353 e. The van der Waals surface area contributed by atoms with Crippen molar-refractivity contribution in [1.29, 1.82) is 0 Å². The number of rotatable bonds is 3. The van der Waals surface area contributed by atoms with Crippen molar-refractivity contribution in [1.82, 2.24) is 25.0 Å². The van der Waals surface area contributed by atoms with Gasteiger partial charge in [0.15, 0.2) is 0 Å². The molecule has 0 bridgehead atoms. The number of hydrogen-bond donors (Lipinski definition) is 1. The van der Waals surface area contributed by atoms with Gasteiger partial charge in [0, 0.05) is 36.8 Å². The van der Waals surface area contributed by atoms with E-state index in [1.807, 2.05) is 51.2 Å². The molecule has 0 saturated carbocycles. The highest BCUT2D eigenvalue weighted by atomic mass is 16.2. The van der Waals surface area contributed by atoms with E-state index in [9.17, 15) is 9.59 Å². The van der Waals surface area contributed by atoms with Gasteiger partial charge in [-0.1, -0.05) is 25.1 Å². The third kappa shape index (κ3) is 2.93. The normalized spacial score (nSPS) is 17.0. The number of nitrogens with zero attached hydrogens (tertiary/aromatic N) is 4. The SMILES string of the molecule is CC[C@H]1C(=O)NCCN1C(=O)c1cc(-c2cnn(C)c2C)nc2ccccc12. The van der Waals surface area contributed by atoms with Crippen molar-refractivity contribution < 1.29 is 9.59 Å². The van der Waals surface area contributed by atoms with Crippen LogP contribution in [0, 0.1) is 6.92 Å². The summed E-state index contributed by atoms with van der Waals surface area (Å²) in [4.78, 5) is 32.2. The van der Waals surface area contributed by atoms with Crippen molar-refractivity contribution in [2.75, 3.05) is 13.1 Å². The first-order valence-corrected chi connectivity index (χ1v) is 9.48. The summed E-state index contributed by atoms with van der Waals surface area (Å²) in [5, 5.41) is 7.94. The summed E-state index contributed by atoms with van der Waals surface area (Å²) in [5.74, 6) is -0.230. The second-order valence-electron chi connectivity index (χ2n) is 7.05. The molecule has 1 N–H and O–H groups in total. The van der Waals surface area contributed by atoms with Gasteiger partial charge in [0.2, 0.25) is 5.91 Å². The highest BCUT2D eigenvalue weighted by Gasteiger charge is 2.33. The molecule has 2 amide bonds. The minimum absolute atomic E-state index is 0.0937. The molecule has 0 radical (unpaired) electrons. The smallest absolute Gasteiger partial charge is 0.255 e. The van der Waals surface area contributed by atoms with E-state index in [1.54, 1.807) is 15.8 Å². The first kappa shape index (κ1) is 18.2. The summed E-state index contributed by atoms with van der Waals surface area (Å²) in [7, 11) is 1.88. The van der Waals surface area contributed by atoms with E-state index < -0.39 is 6.04 Å². The van der Waals surface area contributed by atoms with Crippen LogP contribution < -0.4 is 5.32 Å². The zero-order valence-electron chi connectivity index (χ0n) is 16.3. The lowest BCUT2D eigenvalue weighted by atomic mass is 10.0. The number of aromatic nitrogens is 3. The largest absolute Gasteiger partial charge is 0.353 e. The number of carbonyl (C=O) groups excluding carboxylic acids is 2. The number of para-hydroxylation sites is 1. The van der Waals surface area contributed by atoms with Gasteiger partial charge in [0.05, 0.1) is 23.0 Å². The summed E-state index contributed by atoms with van der Waals surface area (Å²) in [6.45, 7) is 4.87. The van der Waals surface area contributed by atoms with Crippen LogP contribution in [0.4, 0.5) is 0 Å². The van der Waals surface area contributed by atoms with Crippen LogP contribution >= 0.6 is 0 Å². The Kier molecular flexibility index (Phi) is 4.58. The zero-order chi connectivity index (χ0) is 19.8. The fraction of sp³-hybridized carbons (Fsp3) is 0.333. The fourth-order valence-electron chi connectivity index (χ4n) is 3.76. The zero-order valence-corrected chi connectivity index (χ0v) is 16.3. The number of amides is 2. The lowest BCUT2D eigenvalue weighted by Gasteiger charge is -2.34. The molecular weight excluding hydrogens is 354 g/mol. The van der Waals surface area contributed by atoms with Gasteiger partial charge >= 0.3 is 0 Å². The number of pyridine rings is 1. The van der Waals surface area contributed by atoms with Crippen LogP contribution in [0.15, 0.2) is 36.5 Å². The predicted molar refractivity (Wildman–Crippen MR) is 107 cm³/mol. The van der Waals surface area contributed by atoms with Gasteiger partial charge < -0.3 is 10.2 Å². The van der Waals surface area contributed by atoms with Gasteiger partial charge in [-0.15, -0.1) is 0 Å². The van der Waals surface area contributed by atoms with Crippen molar-refractivity contribution in [3.05, 3.63) is 47.8 Å². The van der Waals surface area contributed by atoms with Crippen molar-refractivity contribution in [3.8, 4) is 11.3 Å². The molecule has 0 aliphatic carbocycles. The lowest BCUT2D eigenvalue weighted by Crippen LogP contribution is -2.56. The van der Waals surface area contributed by atoms with Gasteiger partial charge in [-0.25, -0.2) is 4.98 Å². The number of piperazine rings is 1. The van der Waals surface area contributed by atoms with E-state index in [2.05, 4.69) is 10.4 Å². The summed E-state index contributed by atoms with van der Waals surface area (Å²) in [5.41, 5.74) is 3.90. The van der Waals surface area contributed by atoms with Crippen LogP contribution in [-0.2, 0) is 11.8 Å². The molecule has 0 unspecified atom stereocenters. The molecule has 3 heterocycles. The Hall–Kier alpha value is -3.22. The van der Waals surface area contributed by atoms with E-state index in [0.29, 0.717) is 30.8 Å². The molecule has 1 aliphatic heterocycles. The van der Waals surface area contributed by atoms with Crippen LogP contribution in [0.3, 0.4) is 0 Å². The maximum Gasteiger partial charge on any atom is 0.255 e. The Morgan fingerprint density at radius 3 is 2.82 bits per heavy atom. The second kappa shape index (κ2) is 7.07. The van der Waals surface area contributed by atoms with Crippen molar-refractivity contribution >= 4 is 22.7 Å². The first-order valence-electron chi connectivity index (χ1n) is 9.48. The topological polar surface area (TPSA) is 80.1 Å². The Labute approximate surface area is 163 Å². The van der Waals surface area contributed by atoms with Crippen LogP contribution in [0.5, 0.6) is 0 Å². The van der Waals surface area contributed by atoms with Crippen molar-refractivity contribution in [3.63, 3.8) is 0 Å². The lowest BCUT2D eigenvalue weighted by molar-refractivity contribution is -0.127. The van der Waals surface area contributed by atoms with E-state index in [-0.39, 0.29) is 11.8 Å². The number of benzene rings is 1. The number of fused-ring (bicyclic) bond motifs is 1. The molecule has 2 aromatic heterocycles. The molecule has 3 aromatic rings. The predicted octanol–water partition coefficient (Wildman–Crippen LogP) is 2.29. The first-order chi connectivity index (χ1) is 13.5. The molecule has 1 fully saturated rings. The van der Waals surface area contributed by atoms with Gasteiger partial charge in [-0.3, -0.25) is 14.3 Å². The number of aryl methyl sites for hydroxylation is 1.